The number of benzene rings is 1. The smallest absolute Gasteiger partial charge is 0.161 e. The van der Waals surface area contributed by atoms with Crippen molar-refractivity contribution in [3.8, 4) is 11.5 Å². The third kappa shape index (κ3) is 2.97. The maximum absolute atomic E-state index is 10.7. The molecule has 0 radical (unpaired) electrons. The number of carbonyl (C=O) groups excluding carboxylic acids is 1. The van der Waals surface area contributed by atoms with Crippen molar-refractivity contribution in [2.75, 3.05) is 19.8 Å². The number of hydrogen-bond acceptors (Lipinski definition) is 4. The van der Waals surface area contributed by atoms with Crippen molar-refractivity contribution in [2.24, 2.45) is 0 Å². The molecule has 1 saturated heterocycles. The van der Waals surface area contributed by atoms with E-state index in [0.717, 1.165) is 19.3 Å². The predicted molar refractivity (Wildman–Crippen MR) is 62.9 cm³/mol. The third-order valence-corrected chi connectivity index (χ3v) is 2.59. The molecule has 0 bridgehead atoms. The molecule has 4 heteroatoms. The normalized spacial score (nSPS) is 19.0. The van der Waals surface area contributed by atoms with Crippen molar-refractivity contribution in [3.63, 3.8) is 0 Å². The fourth-order valence-electron chi connectivity index (χ4n) is 1.75. The van der Waals surface area contributed by atoms with Crippen LogP contribution in [0.5, 0.6) is 11.5 Å². The zero-order valence-corrected chi connectivity index (χ0v) is 9.85. The molecule has 0 saturated carbocycles. The number of carbonyl (C=O) groups is 1. The molecule has 0 aromatic heterocycles. The second-order valence-corrected chi connectivity index (χ2v) is 3.86. The zero-order chi connectivity index (χ0) is 12.1. The molecule has 0 aliphatic carbocycles. The summed E-state index contributed by atoms with van der Waals surface area (Å²) in [5.74, 6) is 1.29. The summed E-state index contributed by atoms with van der Waals surface area (Å²) in [5, 5.41) is 0. The number of aldehydes is 1. The highest BCUT2D eigenvalue weighted by Crippen LogP contribution is 2.30. The molecule has 1 fully saturated rings. The van der Waals surface area contributed by atoms with E-state index in [4.69, 9.17) is 14.2 Å². The number of hydrogen-bond donors (Lipinski definition) is 0. The fourth-order valence-corrected chi connectivity index (χ4v) is 1.75. The van der Waals surface area contributed by atoms with Gasteiger partial charge in [-0.25, -0.2) is 0 Å². The Morgan fingerprint density at radius 2 is 2.35 bits per heavy atom. The Balaban J connectivity index is 2.15. The second kappa shape index (κ2) is 5.68. The van der Waals surface area contributed by atoms with Crippen LogP contribution in [0.15, 0.2) is 18.2 Å². The molecular formula is C13H16O4. The molecule has 1 aromatic rings. The summed E-state index contributed by atoms with van der Waals surface area (Å²) >= 11 is 0. The first-order valence-electron chi connectivity index (χ1n) is 5.80. The summed E-state index contributed by atoms with van der Waals surface area (Å²) in [6.45, 7) is 3.79. The molecule has 1 atom stereocenters. The SMILES string of the molecule is CCOc1cc(C=O)ccc1OC1CCOC1. The first kappa shape index (κ1) is 11.9. The lowest BCUT2D eigenvalue weighted by Gasteiger charge is -2.15. The Bertz CT molecular complexity index is 383. The van der Waals surface area contributed by atoms with E-state index in [9.17, 15) is 4.79 Å². The summed E-state index contributed by atoms with van der Waals surface area (Å²) in [4.78, 5) is 10.7. The molecule has 1 aliphatic heterocycles. The molecule has 0 amide bonds. The Hall–Kier alpha value is -1.55. The molecule has 1 aromatic carbocycles. The maximum atomic E-state index is 10.7. The van der Waals surface area contributed by atoms with Crippen LogP contribution >= 0.6 is 0 Å². The Labute approximate surface area is 100 Å². The highest BCUT2D eigenvalue weighted by Gasteiger charge is 2.19. The average molecular weight is 236 g/mol. The van der Waals surface area contributed by atoms with E-state index < -0.39 is 0 Å². The first-order chi connectivity index (χ1) is 8.33. The summed E-state index contributed by atoms with van der Waals surface area (Å²) in [6.07, 6.45) is 1.77. The van der Waals surface area contributed by atoms with E-state index in [2.05, 4.69) is 0 Å². The van der Waals surface area contributed by atoms with Crippen molar-refractivity contribution in [3.05, 3.63) is 23.8 Å². The van der Waals surface area contributed by atoms with Gasteiger partial charge < -0.3 is 14.2 Å². The lowest BCUT2D eigenvalue weighted by atomic mass is 10.2. The second-order valence-electron chi connectivity index (χ2n) is 3.86. The first-order valence-corrected chi connectivity index (χ1v) is 5.80. The van der Waals surface area contributed by atoms with Crippen LogP contribution in [0.2, 0.25) is 0 Å². The topological polar surface area (TPSA) is 44.8 Å². The molecule has 17 heavy (non-hydrogen) atoms. The van der Waals surface area contributed by atoms with Gasteiger partial charge in [-0.3, -0.25) is 4.79 Å². The van der Waals surface area contributed by atoms with Gasteiger partial charge in [-0.15, -0.1) is 0 Å². The molecule has 0 spiro atoms. The van der Waals surface area contributed by atoms with Gasteiger partial charge in [0, 0.05) is 12.0 Å². The monoisotopic (exact) mass is 236 g/mol. The number of rotatable bonds is 5. The summed E-state index contributed by atoms with van der Waals surface area (Å²) in [6, 6.07) is 5.19. The Kier molecular flexibility index (Phi) is 3.98. The maximum Gasteiger partial charge on any atom is 0.161 e. The van der Waals surface area contributed by atoms with Gasteiger partial charge in [-0.05, 0) is 25.1 Å². The molecule has 1 heterocycles. The van der Waals surface area contributed by atoms with Crippen LogP contribution in [0.3, 0.4) is 0 Å². The largest absolute Gasteiger partial charge is 0.490 e. The van der Waals surface area contributed by atoms with Crippen molar-refractivity contribution >= 4 is 6.29 Å². The number of ether oxygens (including phenoxy) is 3. The highest BCUT2D eigenvalue weighted by atomic mass is 16.6. The van der Waals surface area contributed by atoms with Gasteiger partial charge in [0.15, 0.2) is 11.5 Å². The molecule has 92 valence electrons. The Morgan fingerprint density at radius 1 is 1.47 bits per heavy atom. The fraction of sp³-hybridized carbons (Fsp3) is 0.462. The summed E-state index contributed by atoms with van der Waals surface area (Å²) < 4.78 is 16.5. The van der Waals surface area contributed by atoms with Crippen LogP contribution in [0.25, 0.3) is 0 Å². The molecule has 1 unspecified atom stereocenters. The lowest BCUT2D eigenvalue weighted by Crippen LogP contribution is -2.16. The summed E-state index contributed by atoms with van der Waals surface area (Å²) in [7, 11) is 0. The average Bonchev–Trinajstić information content (AvgIpc) is 2.84. The van der Waals surface area contributed by atoms with Crippen LogP contribution in [0, 0.1) is 0 Å². The van der Waals surface area contributed by atoms with Crippen molar-refractivity contribution in [1.82, 2.24) is 0 Å². The van der Waals surface area contributed by atoms with Crippen LogP contribution < -0.4 is 9.47 Å². The van der Waals surface area contributed by atoms with Gasteiger partial charge in [0.25, 0.3) is 0 Å². The van der Waals surface area contributed by atoms with E-state index >= 15 is 0 Å². The van der Waals surface area contributed by atoms with E-state index in [1.807, 2.05) is 6.92 Å². The Morgan fingerprint density at radius 3 is 3.00 bits per heavy atom. The van der Waals surface area contributed by atoms with Crippen LogP contribution in [0.4, 0.5) is 0 Å². The van der Waals surface area contributed by atoms with Crippen LogP contribution in [0.1, 0.15) is 23.7 Å². The van der Waals surface area contributed by atoms with Gasteiger partial charge in [-0.2, -0.15) is 0 Å². The van der Waals surface area contributed by atoms with Gasteiger partial charge in [0.1, 0.15) is 12.4 Å². The highest BCUT2D eigenvalue weighted by molar-refractivity contribution is 5.76. The van der Waals surface area contributed by atoms with E-state index in [0.29, 0.717) is 30.3 Å². The van der Waals surface area contributed by atoms with E-state index in [1.165, 1.54) is 0 Å². The van der Waals surface area contributed by atoms with Gasteiger partial charge in [0.05, 0.1) is 19.8 Å². The van der Waals surface area contributed by atoms with Crippen molar-refractivity contribution < 1.29 is 19.0 Å². The molecule has 0 N–H and O–H groups in total. The molecule has 1 aliphatic rings. The molecule has 4 nitrogen and oxygen atoms in total. The zero-order valence-electron chi connectivity index (χ0n) is 9.85. The summed E-state index contributed by atoms with van der Waals surface area (Å²) in [5.41, 5.74) is 0.587. The minimum atomic E-state index is 0.0799. The van der Waals surface area contributed by atoms with Gasteiger partial charge in [0.2, 0.25) is 0 Å². The van der Waals surface area contributed by atoms with Gasteiger partial charge >= 0.3 is 0 Å². The van der Waals surface area contributed by atoms with Crippen LogP contribution in [-0.4, -0.2) is 32.2 Å². The van der Waals surface area contributed by atoms with Gasteiger partial charge in [-0.1, -0.05) is 0 Å². The molecule has 2 rings (SSSR count). The van der Waals surface area contributed by atoms with Crippen LogP contribution in [-0.2, 0) is 4.74 Å². The van der Waals surface area contributed by atoms with E-state index in [1.54, 1.807) is 18.2 Å². The molecular weight excluding hydrogens is 220 g/mol. The minimum Gasteiger partial charge on any atom is -0.490 e. The quantitative estimate of drug-likeness (QED) is 0.734. The van der Waals surface area contributed by atoms with E-state index in [-0.39, 0.29) is 6.10 Å². The van der Waals surface area contributed by atoms with Crippen molar-refractivity contribution in [1.29, 1.82) is 0 Å². The lowest BCUT2D eigenvalue weighted by molar-refractivity contribution is 0.112. The minimum absolute atomic E-state index is 0.0799. The standard InChI is InChI=1S/C13H16O4/c1-2-16-13-7-10(8-14)3-4-12(13)17-11-5-6-15-9-11/h3-4,7-8,11H,2,5-6,9H2,1H3. The van der Waals surface area contributed by atoms with Crippen molar-refractivity contribution in [2.45, 2.75) is 19.4 Å². The predicted octanol–water partition coefficient (Wildman–Crippen LogP) is 2.07. The third-order valence-electron chi connectivity index (χ3n) is 2.59.